The molecule has 1 aliphatic heterocycles. The standard InChI is InChI=1S/C11H19NO4/c1-8-6-12(7-11(2,3)16-8)9(13)4-5-10(14)15/h8H,4-7H2,1-3H3,(H,14,15). The molecule has 0 spiro atoms. The van der Waals surface area contributed by atoms with Crippen molar-refractivity contribution in [1.82, 2.24) is 4.90 Å². The van der Waals surface area contributed by atoms with Gasteiger partial charge in [-0.2, -0.15) is 0 Å². The lowest BCUT2D eigenvalue weighted by atomic mass is 10.0. The Balaban J connectivity index is 2.52. The Labute approximate surface area is 95.4 Å². The minimum atomic E-state index is -0.936. The summed E-state index contributed by atoms with van der Waals surface area (Å²) in [6.45, 7) is 6.84. The third kappa shape index (κ3) is 3.81. The molecule has 16 heavy (non-hydrogen) atoms. The van der Waals surface area contributed by atoms with E-state index in [0.29, 0.717) is 13.1 Å². The van der Waals surface area contributed by atoms with Crippen LogP contribution in [0.2, 0.25) is 0 Å². The van der Waals surface area contributed by atoms with Crippen LogP contribution in [0.15, 0.2) is 0 Å². The van der Waals surface area contributed by atoms with E-state index in [2.05, 4.69) is 0 Å². The molecule has 5 nitrogen and oxygen atoms in total. The molecule has 92 valence electrons. The lowest BCUT2D eigenvalue weighted by Gasteiger charge is -2.41. The highest BCUT2D eigenvalue weighted by Crippen LogP contribution is 2.21. The van der Waals surface area contributed by atoms with Gasteiger partial charge in [0, 0.05) is 19.5 Å². The molecule has 0 saturated carbocycles. The molecule has 1 N–H and O–H groups in total. The topological polar surface area (TPSA) is 66.8 Å². The van der Waals surface area contributed by atoms with E-state index in [0.717, 1.165) is 0 Å². The van der Waals surface area contributed by atoms with Gasteiger partial charge in [-0.15, -0.1) is 0 Å². The van der Waals surface area contributed by atoms with Gasteiger partial charge in [-0.3, -0.25) is 9.59 Å². The van der Waals surface area contributed by atoms with Gasteiger partial charge < -0.3 is 14.7 Å². The van der Waals surface area contributed by atoms with Crippen LogP contribution in [0.1, 0.15) is 33.6 Å². The second kappa shape index (κ2) is 4.82. The minimum absolute atomic E-state index is 0.00229. The lowest BCUT2D eigenvalue weighted by Crippen LogP contribution is -2.53. The summed E-state index contributed by atoms with van der Waals surface area (Å²) < 4.78 is 5.67. The molecular formula is C11H19NO4. The summed E-state index contributed by atoms with van der Waals surface area (Å²) in [5, 5.41) is 8.52. The minimum Gasteiger partial charge on any atom is -0.481 e. The number of aliphatic carboxylic acids is 1. The molecule has 0 bridgehead atoms. The maximum atomic E-state index is 11.7. The number of hydrogen-bond acceptors (Lipinski definition) is 3. The van der Waals surface area contributed by atoms with E-state index in [9.17, 15) is 9.59 Å². The maximum Gasteiger partial charge on any atom is 0.303 e. The van der Waals surface area contributed by atoms with E-state index in [1.807, 2.05) is 20.8 Å². The Morgan fingerprint density at radius 1 is 1.44 bits per heavy atom. The average molecular weight is 229 g/mol. The fourth-order valence-corrected chi connectivity index (χ4v) is 2.02. The number of carbonyl (C=O) groups is 2. The van der Waals surface area contributed by atoms with Gasteiger partial charge in [0.2, 0.25) is 5.91 Å². The van der Waals surface area contributed by atoms with Crippen molar-refractivity contribution >= 4 is 11.9 Å². The quantitative estimate of drug-likeness (QED) is 0.780. The predicted molar refractivity (Wildman–Crippen MR) is 58.1 cm³/mol. The van der Waals surface area contributed by atoms with Crippen LogP contribution >= 0.6 is 0 Å². The number of amides is 1. The van der Waals surface area contributed by atoms with Crippen LogP contribution in [0.3, 0.4) is 0 Å². The van der Waals surface area contributed by atoms with Crippen molar-refractivity contribution in [2.45, 2.75) is 45.3 Å². The molecular weight excluding hydrogens is 210 g/mol. The van der Waals surface area contributed by atoms with Gasteiger partial charge in [0.15, 0.2) is 0 Å². The molecule has 0 aromatic heterocycles. The number of hydrogen-bond donors (Lipinski definition) is 1. The van der Waals surface area contributed by atoms with Gasteiger partial charge in [0.05, 0.1) is 18.1 Å². The zero-order valence-corrected chi connectivity index (χ0v) is 10.0. The Kier molecular flexibility index (Phi) is 3.91. The molecule has 1 rings (SSSR count). The van der Waals surface area contributed by atoms with Crippen molar-refractivity contribution in [3.8, 4) is 0 Å². The molecule has 1 amide bonds. The normalized spacial score (nSPS) is 24.2. The molecule has 1 saturated heterocycles. The van der Waals surface area contributed by atoms with Crippen molar-refractivity contribution < 1.29 is 19.4 Å². The monoisotopic (exact) mass is 229 g/mol. The van der Waals surface area contributed by atoms with E-state index < -0.39 is 5.97 Å². The third-order valence-electron chi connectivity index (χ3n) is 2.47. The molecule has 0 aromatic carbocycles. The first-order chi connectivity index (χ1) is 7.30. The first kappa shape index (κ1) is 13.0. The Morgan fingerprint density at radius 2 is 2.06 bits per heavy atom. The second-order valence-electron chi connectivity index (χ2n) is 4.86. The second-order valence-corrected chi connectivity index (χ2v) is 4.86. The number of ether oxygens (including phenoxy) is 1. The molecule has 0 aromatic rings. The van der Waals surface area contributed by atoms with E-state index in [4.69, 9.17) is 9.84 Å². The first-order valence-corrected chi connectivity index (χ1v) is 5.47. The summed E-state index contributed by atoms with van der Waals surface area (Å²) in [5.74, 6) is -1.04. The Bertz CT molecular complexity index is 288. The molecule has 5 heteroatoms. The van der Waals surface area contributed by atoms with E-state index in [1.54, 1.807) is 4.90 Å². The fraction of sp³-hybridized carbons (Fsp3) is 0.818. The Morgan fingerprint density at radius 3 is 2.56 bits per heavy atom. The van der Waals surface area contributed by atoms with Gasteiger partial charge in [0.1, 0.15) is 0 Å². The largest absolute Gasteiger partial charge is 0.481 e. The summed E-state index contributed by atoms with van der Waals surface area (Å²) in [4.78, 5) is 23.8. The van der Waals surface area contributed by atoms with E-state index in [-0.39, 0.29) is 30.5 Å². The summed E-state index contributed by atoms with van der Waals surface area (Å²) in [6, 6.07) is 0. The molecule has 0 aliphatic carbocycles. The summed E-state index contributed by atoms with van der Waals surface area (Å²) in [6.07, 6.45) is -0.0408. The number of morpholine rings is 1. The zero-order chi connectivity index (χ0) is 12.3. The van der Waals surface area contributed by atoms with Gasteiger partial charge in [-0.1, -0.05) is 0 Å². The highest BCUT2D eigenvalue weighted by molar-refractivity contribution is 5.80. The van der Waals surface area contributed by atoms with Crippen molar-refractivity contribution in [3.05, 3.63) is 0 Å². The van der Waals surface area contributed by atoms with Crippen molar-refractivity contribution in [2.24, 2.45) is 0 Å². The summed E-state index contributed by atoms with van der Waals surface area (Å²) in [5.41, 5.74) is -0.351. The average Bonchev–Trinajstić information content (AvgIpc) is 2.10. The third-order valence-corrected chi connectivity index (χ3v) is 2.47. The molecule has 0 radical (unpaired) electrons. The van der Waals surface area contributed by atoms with Crippen LogP contribution in [0.5, 0.6) is 0 Å². The molecule has 1 heterocycles. The van der Waals surface area contributed by atoms with Gasteiger partial charge in [0.25, 0.3) is 0 Å². The van der Waals surface area contributed by atoms with Crippen LogP contribution in [0.4, 0.5) is 0 Å². The van der Waals surface area contributed by atoms with Crippen molar-refractivity contribution in [1.29, 1.82) is 0 Å². The van der Waals surface area contributed by atoms with Crippen LogP contribution in [-0.4, -0.2) is 46.7 Å². The van der Waals surface area contributed by atoms with Crippen molar-refractivity contribution in [2.75, 3.05) is 13.1 Å². The number of carboxylic acid groups (broad SMARTS) is 1. The SMILES string of the molecule is CC1CN(C(=O)CCC(=O)O)CC(C)(C)O1. The van der Waals surface area contributed by atoms with Gasteiger partial charge in [-0.25, -0.2) is 0 Å². The Hall–Kier alpha value is -1.10. The molecule has 1 aliphatic rings. The highest BCUT2D eigenvalue weighted by atomic mass is 16.5. The van der Waals surface area contributed by atoms with Crippen LogP contribution in [0.25, 0.3) is 0 Å². The molecule has 1 atom stereocenters. The maximum absolute atomic E-state index is 11.7. The van der Waals surface area contributed by atoms with E-state index >= 15 is 0 Å². The molecule has 1 unspecified atom stereocenters. The van der Waals surface area contributed by atoms with Gasteiger partial charge in [-0.05, 0) is 20.8 Å². The first-order valence-electron chi connectivity index (χ1n) is 5.47. The number of carbonyl (C=O) groups excluding carboxylic acids is 1. The zero-order valence-electron chi connectivity index (χ0n) is 10.0. The summed E-state index contributed by atoms with van der Waals surface area (Å²) >= 11 is 0. The van der Waals surface area contributed by atoms with Crippen LogP contribution in [0, 0.1) is 0 Å². The number of carboxylic acids is 1. The lowest BCUT2D eigenvalue weighted by molar-refractivity contribution is -0.159. The predicted octanol–water partition coefficient (Wildman–Crippen LogP) is 0.877. The van der Waals surface area contributed by atoms with Crippen molar-refractivity contribution in [3.63, 3.8) is 0 Å². The fourth-order valence-electron chi connectivity index (χ4n) is 2.02. The molecule has 1 fully saturated rings. The van der Waals surface area contributed by atoms with Crippen LogP contribution in [-0.2, 0) is 14.3 Å². The summed E-state index contributed by atoms with van der Waals surface area (Å²) in [7, 11) is 0. The number of nitrogens with zero attached hydrogens (tertiary/aromatic N) is 1. The smallest absolute Gasteiger partial charge is 0.303 e. The van der Waals surface area contributed by atoms with E-state index in [1.165, 1.54) is 0 Å². The van der Waals surface area contributed by atoms with Crippen LogP contribution < -0.4 is 0 Å². The highest BCUT2D eigenvalue weighted by Gasteiger charge is 2.33. The number of rotatable bonds is 3. The van der Waals surface area contributed by atoms with Gasteiger partial charge >= 0.3 is 5.97 Å².